The number of carbonyl (C=O) groups excluding carboxylic acids is 2. The molecule has 0 N–H and O–H groups in total. The van der Waals surface area contributed by atoms with Crippen molar-refractivity contribution in [3.63, 3.8) is 0 Å². The Morgan fingerprint density at radius 2 is 1.58 bits per heavy atom. The van der Waals surface area contributed by atoms with E-state index in [4.69, 9.17) is 11.6 Å². The van der Waals surface area contributed by atoms with Crippen molar-refractivity contribution in [2.45, 2.75) is 0 Å². The maximum absolute atomic E-state index is 12.7. The van der Waals surface area contributed by atoms with Crippen LogP contribution in [0.3, 0.4) is 0 Å². The summed E-state index contributed by atoms with van der Waals surface area (Å²) in [6.45, 7) is 0. The average Bonchev–Trinajstić information content (AvgIpc) is 3.22. The molecule has 1 aromatic heterocycles. The summed E-state index contributed by atoms with van der Waals surface area (Å²) in [7, 11) is 0. The average molecular weight is 381 g/mol. The topological polar surface area (TPSA) is 42.3 Å². The molecule has 1 aliphatic heterocycles. The van der Waals surface area contributed by atoms with Crippen LogP contribution in [-0.2, 0) is 4.79 Å². The van der Waals surface area contributed by atoms with Crippen LogP contribution >= 0.6 is 23.4 Å². The quantitative estimate of drug-likeness (QED) is 0.573. The summed E-state index contributed by atoms with van der Waals surface area (Å²) < 4.78 is 1.97. The van der Waals surface area contributed by atoms with Gasteiger partial charge in [0.1, 0.15) is 0 Å². The number of hydrogen-bond acceptors (Lipinski definition) is 3. The molecule has 2 amide bonds. The predicted molar refractivity (Wildman–Crippen MR) is 106 cm³/mol. The van der Waals surface area contributed by atoms with Gasteiger partial charge in [-0.3, -0.25) is 9.59 Å². The van der Waals surface area contributed by atoms with Gasteiger partial charge in [-0.05, 0) is 66.4 Å². The lowest BCUT2D eigenvalue weighted by molar-refractivity contribution is -0.113. The third-order valence-corrected chi connectivity index (χ3v) is 5.09. The van der Waals surface area contributed by atoms with Crippen molar-refractivity contribution >= 4 is 46.3 Å². The van der Waals surface area contributed by atoms with E-state index >= 15 is 0 Å². The lowest BCUT2D eigenvalue weighted by Crippen LogP contribution is -2.27. The number of rotatable bonds is 3. The Balaban J connectivity index is 1.68. The zero-order chi connectivity index (χ0) is 18.1. The van der Waals surface area contributed by atoms with Crippen LogP contribution in [0.5, 0.6) is 0 Å². The minimum Gasteiger partial charge on any atom is -0.317 e. The van der Waals surface area contributed by atoms with E-state index in [-0.39, 0.29) is 11.1 Å². The fourth-order valence-electron chi connectivity index (χ4n) is 2.75. The number of para-hydroxylation sites is 1. The number of carbonyl (C=O) groups is 2. The number of halogens is 1. The summed E-state index contributed by atoms with van der Waals surface area (Å²) in [6.07, 6.45) is 3.67. The first-order valence-electron chi connectivity index (χ1n) is 7.90. The maximum Gasteiger partial charge on any atom is 0.298 e. The lowest BCUT2D eigenvalue weighted by atomic mass is 10.2. The van der Waals surface area contributed by atoms with Gasteiger partial charge in [0, 0.05) is 22.6 Å². The summed E-state index contributed by atoms with van der Waals surface area (Å²) >= 11 is 6.82. The Kier molecular flexibility index (Phi) is 4.41. The van der Waals surface area contributed by atoms with E-state index in [1.807, 2.05) is 53.2 Å². The minimum absolute atomic E-state index is 0.318. The molecule has 4 rings (SSSR count). The second-order valence-electron chi connectivity index (χ2n) is 5.63. The van der Waals surface area contributed by atoms with Crippen LogP contribution in [0.25, 0.3) is 11.8 Å². The fourth-order valence-corrected chi connectivity index (χ4v) is 3.70. The van der Waals surface area contributed by atoms with E-state index < -0.39 is 0 Å². The number of benzene rings is 2. The molecule has 0 spiro atoms. The van der Waals surface area contributed by atoms with Crippen LogP contribution in [0.15, 0.2) is 77.8 Å². The first-order valence-corrected chi connectivity index (χ1v) is 9.09. The number of hydrogen-bond donors (Lipinski definition) is 0. The van der Waals surface area contributed by atoms with Gasteiger partial charge in [0.15, 0.2) is 0 Å². The molecule has 1 saturated heterocycles. The minimum atomic E-state index is -0.330. The number of amides is 2. The van der Waals surface area contributed by atoms with Crippen molar-refractivity contribution in [3.8, 4) is 5.69 Å². The van der Waals surface area contributed by atoms with Gasteiger partial charge in [-0.15, -0.1) is 0 Å². The molecule has 6 heteroatoms. The summed E-state index contributed by atoms with van der Waals surface area (Å²) in [5, 5.41) is 0.235. The molecule has 26 heavy (non-hydrogen) atoms. The number of imide groups is 1. The molecule has 1 aliphatic rings. The molecule has 0 saturated carbocycles. The van der Waals surface area contributed by atoms with Crippen LogP contribution < -0.4 is 4.90 Å². The highest BCUT2D eigenvalue weighted by molar-refractivity contribution is 8.19. The van der Waals surface area contributed by atoms with Gasteiger partial charge in [-0.25, -0.2) is 4.90 Å². The summed E-state index contributed by atoms with van der Waals surface area (Å²) in [5.74, 6) is -0.330. The predicted octanol–water partition coefficient (Wildman–Crippen LogP) is 5.37. The van der Waals surface area contributed by atoms with Crippen molar-refractivity contribution in [3.05, 3.63) is 88.5 Å². The van der Waals surface area contributed by atoms with Gasteiger partial charge in [0.2, 0.25) is 0 Å². The molecule has 0 radical (unpaired) electrons. The molecule has 2 aromatic carbocycles. The van der Waals surface area contributed by atoms with Crippen molar-refractivity contribution in [2.24, 2.45) is 0 Å². The van der Waals surface area contributed by atoms with Crippen LogP contribution in [0.1, 0.15) is 5.69 Å². The number of thioether (sulfide) groups is 1. The van der Waals surface area contributed by atoms with Crippen LogP contribution in [0, 0.1) is 0 Å². The molecule has 2 heterocycles. The standard InChI is InChI=1S/C20H13ClN2O2S/c21-14-8-10-16(11-9-14)23-19(24)18(26-20(23)25)13-17-7-4-12-22(17)15-5-2-1-3-6-15/h1-13H/b18-13+. The fraction of sp³-hybridized carbons (Fsp3) is 0. The van der Waals surface area contributed by atoms with Gasteiger partial charge in [0.25, 0.3) is 11.1 Å². The van der Waals surface area contributed by atoms with E-state index in [0.717, 1.165) is 23.1 Å². The van der Waals surface area contributed by atoms with Gasteiger partial charge in [0.05, 0.1) is 10.6 Å². The number of anilines is 1. The molecule has 0 unspecified atom stereocenters. The second kappa shape index (κ2) is 6.86. The third kappa shape index (κ3) is 3.07. The summed E-state index contributed by atoms with van der Waals surface area (Å²) in [4.78, 5) is 26.7. The largest absolute Gasteiger partial charge is 0.317 e. The van der Waals surface area contributed by atoms with Gasteiger partial charge in [-0.1, -0.05) is 29.8 Å². The van der Waals surface area contributed by atoms with Gasteiger partial charge < -0.3 is 4.57 Å². The zero-order valence-corrected chi connectivity index (χ0v) is 15.1. The first kappa shape index (κ1) is 16.7. The second-order valence-corrected chi connectivity index (χ2v) is 7.06. The molecule has 128 valence electrons. The molecule has 3 aromatic rings. The van der Waals surface area contributed by atoms with Crippen LogP contribution in [0.4, 0.5) is 10.5 Å². The van der Waals surface area contributed by atoms with Gasteiger partial charge >= 0.3 is 0 Å². The Morgan fingerprint density at radius 3 is 2.31 bits per heavy atom. The first-order chi connectivity index (χ1) is 12.6. The lowest BCUT2D eigenvalue weighted by Gasteiger charge is -2.12. The molecule has 0 bridgehead atoms. The molecule has 1 fully saturated rings. The Morgan fingerprint density at radius 1 is 0.846 bits per heavy atom. The Bertz CT molecular complexity index is 1010. The van der Waals surface area contributed by atoms with E-state index in [0.29, 0.717) is 15.6 Å². The number of aromatic nitrogens is 1. The van der Waals surface area contributed by atoms with E-state index in [2.05, 4.69) is 0 Å². The van der Waals surface area contributed by atoms with Crippen molar-refractivity contribution in [1.82, 2.24) is 4.57 Å². The van der Waals surface area contributed by atoms with Crippen molar-refractivity contribution in [2.75, 3.05) is 4.90 Å². The Hall–Kier alpha value is -2.76. The summed E-state index contributed by atoms with van der Waals surface area (Å²) in [5.41, 5.74) is 2.33. The molecule has 4 nitrogen and oxygen atoms in total. The highest BCUT2D eigenvalue weighted by atomic mass is 35.5. The Labute approximate surface area is 159 Å². The van der Waals surface area contributed by atoms with E-state index in [1.54, 1.807) is 30.3 Å². The molecule has 0 atom stereocenters. The van der Waals surface area contributed by atoms with Crippen molar-refractivity contribution < 1.29 is 9.59 Å². The SMILES string of the molecule is O=C1S/C(=C/c2cccn2-c2ccccc2)C(=O)N1c1ccc(Cl)cc1. The highest BCUT2D eigenvalue weighted by Gasteiger charge is 2.36. The maximum atomic E-state index is 12.7. The van der Waals surface area contributed by atoms with Crippen LogP contribution in [-0.4, -0.2) is 15.7 Å². The molecular weight excluding hydrogens is 368 g/mol. The van der Waals surface area contributed by atoms with E-state index in [9.17, 15) is 9.59 Å². The van der Waals surface area contributed by atoms with Crippen LogP contribution in [0.2, 0.25) is 5.02 Å². The molecule has 0 aliphatic carbocycles. The van der Waals surface area contributed by atoms with Gasteiger partial charge in [-0.2, -0.15) is 0 Å². The van der Waals surface area contributed by atoms with Crippen molar-refractivity contribution in [1.29, 1.82) is 0 Å². The normalized spacial score (nSPS) is 15.9. The molecular formula is C20H13ClN2O2S. The third-order valence-electron chi connectivity index (χ3n) is 3.97. The smallest absolute Gasteiger partial charge is 0.298 e. The summed E-state index contributed by atoms with van der Waals surface area (Å²) in [6, 6.07) is 20.3. The highest BCUT2D eigenvalue weighted by Crippen LogP contribution is 2.36. The monoisotopic (exact) mass is 380 g/mol. The zero-order valence-electron chi connectivity index (χ0n) is 13.5. The van der Waals surface area contributed by atoms with E-state index in [1.165, 1.54) is 4.90 Å². The number of nitrogens with zero attached hydrogens (tertiary/aromatic N) is 2.